The highest BCUT2D eigenvalue weighted by molar-refractivity contribution is 7.09. The minimum atomic E-state index is -0.0161. The van der Waals surface area contributed by atoms with E-state index in [0.29, 0.717) is 12.3 Å². The number of nitrogens with zero attached hydrogens (tertiary/aromatic N) is 1. The topological polar surface area (TPSA) is 42.0 Å². The molecule has 1 aromatic rings. The normalized spacial score (nSPS) is 25.1. The minimum absolute atomic E-state index is 0.0161. The summed E-state index contributed by atoms with van der Waals surface area (Å²) < 4.78 is 0. The van der Waals surface area contributed by atoms with Crippen LogP contribution >= 0.6 is 11.3 Å². The van der Waals surface area contributed by atoms with E-state index in [0.717, 1.165) is 19.3 Å². The van der Waals surface area contributed by atoms with Crippen molar-refractivity contribution >= 4 is 17.2 Å². The van der Waals surface area contributed by atoms with Gasteiger partial charge in [0, 0.05) is 29.5 Å². The van der Waals surface area contributed by atoms with Crippen molar-refractivity contribution in [3.63, 3.8) is 0 Å². The van der Waals surface area contributed by atoms with Crippen LogP contribution in [0.15, 0.2) is 11.7 Å². The molecule has 1 amide bonds. The highest BCUT2D eigenvalue weighted by Gasteiger charge is 2.38. The van der Waals surface area contributed by atoms with Crippen LogP contribution in [0.1, 0.15) is 38.0 Å². The fourth-order valence-electron chi connectivity index (χ4n) is 2.58. The molecule has 0 saturated carbocycles. The van der Waals surface area contributed by atoms with Crippen LogP contribution in [0.5, 0.6) is 0 Å². The molecule has 1 fully saturated rings. The van der Waals surface area contributed by atoms with Gasteiger partial charge >= 0.3 is 0 Å². The van der Waals surface area contributed by atoms with Crippen LogP contribution in [0, 0.1) is 5.92 Å². The van der Waals surface area contributed by atoms with Gasteiger partial charge in [-0.1, -0.05) is 13.8 Å². The van der Waals surface area contributed by atoms with Crippen molar-refractivity contribution in [2.45, 2.75) is 45.1 Å². The van der Waals surface area contributed by atoms with Gasteiger partial charge in [0.1, 0.15) is 0 Å². The highest BCUT2D eigenvalue weighted by Crippen LogP contribution is 2.31. The van der Waals surface area contributed by atoms with Crippen LogP contribution in [-0.2, 0) is 11.2 Å². The molecule has 4 heteroatoms. The molecule has 88 valence electrons. The van der Waals surface area contributed by atoms with Gasteiger partial charge in [0.15, 0.2) is 0 Å². The summed E-state index contributed by atoms with van der Waals surface area (Å²) in [6, 6.07) is 0. The number of hydrogen-bond donors (Lipinski definition) is 1. The third-order valence-electron chi connectivity index (χ3n) is 3.03. The van der Waals surface area contributed by atoms with E-state index in [1.807, 2.05) is 11.7 Å². The Morgan fingerprint density at radius 1 is 1.62 bits per heavy atom. The number of amides is 1. The van der Waals surface area contributed by atoms with Gasteiger partial charge < -0.3 is 5.32 Å². The van der Waals surface area contributed by atoms with E-state index >= 15 is 0 Å². The SMILES string of the molecule is CC(C)CC1(Cc2cncs2)CCC(=O)N1. The van der Waals surface area contributed by atoms with E-state index in [4.69, 9.17) is 0 Å². The Morgan fingerprint density at radius 3 is 2.94 bits per heavy atom. The Balaban J connectivity index is 2.11. The van der Waals surface area contributed by atoms with E-state index in [-0.39, 0.29) is 11.4 Å². The first kappa shape index (κ1) is 11.6. The van der Waals surface area contributed by atoms with Gasteiger partial charge in [-0.25, -0.2) is 0 Å². The van der Waals surface area contributed by atoms with Crippen molar-refractivity contribution in [2.75, 3.05) is 0 Å². The maximum Gasteiger partial charge on any atom is 0.220 e. The second-order valence-corrected chi connectivity index (χ2v) is 6.04. The highest BCUT2D eigenvalue weighted by atomic mass is 32.1. The van der Waals surface area contributed by atoms with E-state index < -0.39 is 0 Å². The number of carbonyl (C=O) groups is 1. The van der Waals surface area contributed by atoms with Crippen molar-refractivity contribution < 1.29 is 4.79 Å². The summed E-state index contributed by atoms with van der Waals surface area (Å²) in [5.41, 5.74) is 1.84. The molecule has 0 spiro atoms. The van der Waals surface area contributed by atoms with E-state index in [2.05, 4.69) is 24.1 Å². The van der Waals surface area contributed by atoms with Gasteiger partial charge in [-0.3, -0.25) is 9.78 Å². The predicted molar refractivity (Wildman–Crippen MR) is 65.4 cm³/mol. The molecular weight excluding hydrogens is 220 g/mol. The quantitative estimate of drug-likeness (QED) is 0.875. The van der Waals surface area contributed by atoms with Crippen LogP contribution in [0.4, 0.5) is 0 Å². The number of rotatable bonds is 4. The molecule has 0 aromatic carbocycles. The van der Waals surface area contributed by atoms with Gasteiger partial charge in [-0.15, -0.1) is 11.3 Å². The molecule has 0 aliphatic carbocycles. The second kappa shape index (κ2) is 4.53. The van der Waals surface area contributed by atoms with E-state index in [9.17, 15) is 4.79 Å². The molecule has 0 bridgehead atoms. The van der Waals surface area contributed by atoms with Crippen molar-refractivity contribution in [3.8, 4) is 0 Å². The van der Waals surface area contributed by atoms with Crippen molar-refractivity contribution in [2.24, 2.45) is 5.92 Å². The average Bonchev–Trinajstić information content (AvgIpc) is 2.76. The number of nitrogens with one attached hydrogen (secondary N) is 1. The van der Waals surface area contributed by atoms with E-state index in [1.165, 1.54) is 4.88 Å². The molecule has 1 aliphatic heterocycles. The lowest BCUT2D eigenvalue weighted by Gasteiger charge is -2.30. The zero-order valence-electron chi connectivity index (χ0n) is 9.82. The van der Waals surface area contributed by atoms with Crippen molar-refractivity contribution in [3.05, 3.63) is 16.6 Å². The maximum atomic E-state index is 11.4. The molecule has 1 aliphatic rings. The van der Waals surface area contributed by atoms with Crippen LogP contribution in [0.25, 0.3) is 0 Å². The Hall–Kier alpha value is -0.900. The second-order valence-electron chi connectivity index (χ2n) is 5.07. The van der Waals surface area contributed by atoms with Gasteiger partial charge in [0.25, 0.3) is 0 Å². The molecular formula is C12H18N2OS. The zero-order valence-corrected chi connectivity index (χ0v) is 10.6. The summed E-state index contributed by atoms with van der Waals surface area (Å²) in [7, 11) is 0. The first-order valence-corrected chi connectivity index (χ1v) is 6.66. The molecule has 2 rings (SSSR count). The van der Waals surface area contributed by atoms with Crippen LogP contribution in [-0.4, -0.2) is 16.4 Å². The van der Waals surface area contributed by atoms with Gasteiger partial charge in [-0.2, -0.15) is 0 Å². The summed E-state index contributed by atoms with van der Waals surface area (Å²) in [5.74, 6) is 0.802. The largest absolute Gasteiger partial charge is 0.350 e. The molecule has 1 unspecified atom stereocenters. The predicted octanol–water partition coefficient (Wildman–Crippen LogP) is 2.38. The maximum absolute atomic E-state index is 11.4. The Bertz CT molecular complexity index is 361. The smallest absolute Gasteiger partial charge is 0.220 e. The molecule has 1 atom stereocenters. The lowest BCUT2D eigenvalue weighted by molar-refractivity contribution is -0.119. The number of thiazole rings is 1. The Morgan fingerprint density at radius 2 is 2.44 bits per heavy atom. The third kappa shape index (κ3) is 2.61. The van der Waals surface area contributed by atoms with Crippen molar-refractivity contribution in [1.29, 1.82) is 0 Å². The molecule has 1 N–H and O–H groups in total. The van der Waals surface area contributed by atoms with Crippen LogP contribution in [0.3, 0.4) is 0 Å². The summed E-state index contributed by atoms with van der Waals surface area (Å²) in [5, 5.41) is 3.18. The van der Waals surface area contributed by atoms with Gasteiger partial charge in [-0.05, 0) is 18.8 Å². The van der Waals surface area contributed by atoms with Gasteiger partial charge in [0.2, 0.25) is 5.91 Å². The van der Waals surface area contributed by atoms with Crippen LogP contribution < -0.4 is 5.32 Å². The molecule has 2 heterocycles. The summed E-state index contributed by atoms with van der Waals surface area (Å²) in [6.45, 7) is 4.41. The number of carbonyl (C=O) groups excluding carboxylic acids is 1. The molecule has 3 nitrogen and oxygen atoms in total. The number of aromatic nitrogens is 1. The Kier molecular flexibility index (Phi) is 3.28. The van der Waals surface area contributed by atoms with Crippen molar-refractivity contribution in [1.82, 2.24) is 10.3 Å². The summed E-state index contributed by atoms with van der Waals surface area (Å²) in [6.07, 6.45) is 5.53. The van der Waals surface area contributed by atoms with Gasteiger partial charge in [0.05, 0.1) is 5.51 Å². The minimum Gasteiger partial charge on any atom is -0.350 e. The molecule has 16 heavy (non-hydrogen) atoms. The first-order valence-electron chi connectivity index (χ1n) is 5.78. The third-order valence-corrected chi connectivity index (χ3v) is 3.81. The lowest BCUT2D eigenvalue weighted by atomic mass is 9.84. The zero-order chi connectivity index (χ0) is 11.6. The standard InChI is InChI=1S/C12H18N2OS/c1-9(2)5-12(4-3-11(15)14-12)6-10-7-13-8-16-10/h7-9H,3-6H2,1-2H3,(H,14,15). The first-order chi connectivity index (χ1) is 7.60. The number of hydrogen-bond acceptors (Lipinski definition) is 3. The van der Waals surface area contributed by atoms with E-state index in [1.54, 1.807) is 11.3 Å². The fraction of sp³-hybridized carbons (Fsp3) is 0.667. The Labute approximate surface area is 100 Å². The molecule has 0 radical (unpaired) electrons. The molecule has 1 aromatic heterocycles. The summed E-state index contributed by atoms with van der Waals surface area (Å²) in [4.78, 5) is 16.8. The lowest BCUT2D eigenvalue weighted by Crippen LogP contribution is -2.44. The molecule has 1 saturated heterocycles. The van der Waals surface area contributed by atoms with Crippen LogP contribution in [0.2, 0.25) is 0 Å². The monoisotopic (exact) mass is 238 g/mol. The average molecular weight is 238 g/mol. The summed E-state index contributed by atoms with van der Waals surface area (Å²) >= 11 is 1.67. The fourth-order valence-corrected chi connectivity index (χ4v) is 3.31.